The second kappa shape index (κ2) is 4.71. The van der Waals surface area contributed by atoms with Crippen molar-refractivity contribution in [2.24, 2.45) is 0 Å². The van der Waals surface area contributed by atoms with Gasteiger partial charge in [0.05, 0.1) is 0 Å². The van der Waals surface area contributed by atoms with Crippen molar-refractivity contribution < 1.29 is 0 Å². The molecule has 0 aromatic heterocycles. The third-order valence-electron chi connectivity index (χ3n) is 4.42. The molecule has 100 valence electrons. The molecule has 0 N–H and O–H groups in total. The lowest BCUT2D eigenvalue weighted by Crippen LogP contribution is -2.30. The van der Waals surface area contributed by atoms with Crippen LogP contribution in [-0.2, 0) is 0 Å². The third-order valence-corrected chi connectivity index (χ3v) is 5.94. The molecule has 1 aliphatic rings. The van der Waals surface area contributed by atoms with E-state index >= 15 is 0 Å². The van der Waals surface area contributed by atoms with E-state index in [4.69, 9.17) is 0 Å². The Bertz CT molecular complexity index is 875. The molecule has 0 nitrogen and oxygen atoms in total. The van der Waals surface area contributed by atoms with Crippen LogP contribution < -0.4 is 10.4 Å². The second-order valence-electron chi connectivity index (χ2n) is 5.68. The molecule has 0 saturated carbocycles. The Morgan fingerprint density at radius 2 is 1.48 bits per heavy atom. The zero-order valence-electron chi connectivity index (χ0n) is 12.3. The van der Waals surface area contributed by atoms with Gasteiger partial charge in [-0.2, -0.15) is 0 Å². The molecule has 0 unspecified atom stereocenters. The predicted octanol–water partition coefficient (Wildman–Crippen LogP) is 3.60. The first-order valence-corrected chi connectivity index (χ1v) is 8.31. The Hall–Kier alpha value is -2.12. The van der Waals surface area contributed by atoms with Crippen LogP contribution >= 0.6 is 0 Å². The summed E-state index contributed by atoms with van der Waals surface area (Å²) in [7, 11) is 0.718. The first-order chi connectivity index (χ1) is 10.2. The molecule has 0 atom stereocenters. The van der Waals surface area contributed by atoms with Crippen LogP contribution in [0.4, 0.5) is 0 Å². The standard InChI is InChI=1S/C20H16Si/c1-13-5-3-8-18(14(13)2)21-19-12-11-16-10-9-15-6-4-7-17(19)20(15)16/h3-12H,1-2H3. The lowest BCUT2D eigenvalue weighted by Gasteiger charge is -2.11. The molecular weight excluding hydrogens is 268 g/mol. The van der Waals surface area contributed by atoms with Gasteiger partial charge in [-0.05, 0) is 46.9 Å². The molecule has 0 heterocycles. The number of hydrogen-bond acceptors (Lipinski definition) is 0. The highest BCUT2D eigenvalue weighted by molar-refractivity contribution is 6.70. The summed E-state index contributed by atoms with van der Waals surface area (Å²) in [6, 6.07) is 17.9. The largest absolute Gasteiger partial charge is 0.122 e. The summed E-state index contributed by atoms with van der Waals surface area (Å²) in [5.41, 5.74) is 5.52. The van der Waals surface area contributed by atoms with E-state index in [2.05, 4.69) is 74.5 Å². The average molecular weight is 284 g/mol. The van der Waals surface area contributed by atoms with E-state index in [-0.39, 0.29) is 0 Å². The molecule has 0 fully saturated rings. The van der Waals surface area contributed by atoms with Crippen LogP contribution in [0.25, 0.3) is 22.9 Å². The highest BCUT2D eigenvalue weighted by Crippen LogP contribution is 2.29. The number of benzene rings is 3. The Morgan fingerprint density at radius 1 is 0.714 bits per heavy atom. The summed E-state index contributed by atoms with van der Waals surface area (Å²) >= 11 is 0. The van der Waals surface area contributed by atoms with Crippen molar-refractivity contribution in [3.63, 3.8) is 0 Å². The van der Waals surface area contributed by atoms with E-state index in [9.17, 15) is 0 Å². The van der Waals surface area contributed by atoms with Gasteiger partial charge in [0, 0.05) is 0 Å². The van der Waals surface area contributed by atoms with E-state index in [0.29, 0.717) is 0 Å². The van der Waals surface area contributed by atoms with E-state index in [1.165, 1.54) is 43.4 Å². The van der Waals surface area contributed by atoms with Crippen LogP contribution in [0, 0.1) is 13.8 Å². The van der Waals surface area contributed by atoms with E-state index < -0.39 is 0 Å². The lowest BCUT2D eigenvalue weighted by atomic mass is 10.0. The Morgan fingerprint density at radius 3 is 2.33 bits per heavy atom. The van der Waals surface area contributed by atoms with Crippen molar-refractivity contribution >= 4 is 42.8 Å². The quantitative estimate of drug-likeness (QED) is 0.493. The summed E-state index contributed by atoms with van der Waals surface area (Å²) in [6.07, 6.45) is 4.45. The van der Waals surface area contributed by atoms with Crippen LogP contribution in [0.3, 0.4) is 0 Å². The van der Waals surface area contributed by atoms with Crippen molar-refractivity contribution in [3.05, 3.63) is 70.8 Å². The first kappa shape index (κ1) is 12.6. The van der Waals surface area contributed by atoms with Crippen LogP contribution in [0.1, 0.15) is 22.3 Å². The molecule has 1 heteroatoms. The van der Waals surface area contributed by atoms with Gasteiger partial charge in [-0.3, -0.25) is 0 Å². The van der Waals surface area contributed by atoms with E-state index in [1.807, 2.05) is 0 Å². The molecule has 0 bridgehead atoms. The van der Waals surface area contributed by atoms with E-state index in [0.717, 1.165) is 9.52 Å². The highest BCUT2D eigenvalue weighted by atomic mass is 28.2. The van der Waals surface area contributed by atoms with Gasteiger partial charge in [0.25, 0.3) is 0 Å². The normalized spacial score (nSPS) is 12.3. The monoisotopic (exact) mass is 284 g/mol. The Labute approximate surface area is 128 Å². The fraction of sp³-hybridized carbons (Fsp3) is 0.100. The van der Waals surface area contributed by atoms with Gasteiger partial charge in [0.1, 0.15) is 9.52 Å². The van der Waals surface area contributed by atoms with Gasteiger partial charge in [-0.15, -0.1) is 0 Å². The van der Waals surface area contributed by atoms with Gasteiger partial charge < -0.3 is 0 Å². The molecule has 3 aromatic rings. The van der Waals surface area contributed by atoms with Gasteiger partial charge in [0.2, 0.25) is 0 Å². The second-order valence-corrected chi connectivity index (χ2v) is 7.01. The minimum absolute atomic E-state index is 0.718. The third kappa shape index (κ3) is 1.97. The summed E-state index contributed by atoms with van der Waals surface area (Å²) < 4.78 is 0. The number of hydrogen-bond donors (Lipinski definition) is 0. The van der Waals surface area contributed by atoms with Crippen molar-refractivity contribution in [2.45, 2.75) is 13.8 Å². The lowest BCUT2D eigenvalue weighted by molar-refractivity contribution is 1.37. The molecular formula is C20H16Si. The molecule has 2 radical (unpaired) electrons. The van der Waals surface area contributed by atoms with Crippen LogP contribution in [-0.4, -0.2) is 9.52 Å². The molecule has 21 heavy (non-hydrogen) atoms. The highest BCUT2D eigenvalue weighted by Gasteiger charge is 2.13. The maximum absolute atomic E-state index is 2.30. The Balaban J connectivity index is 1.88. The molecule has 0 amide bonds. The minimum atomic E-state index is 0.718. The molecule has 1 aliphatic carbocycles. The zero-order chi connectivity index (χ0) is 14.4. The van der Waals surface area contributed by atoms with Crippen molar-refractivity contribution in [3.8, 4) is 0 Å². The average Bonchev–Trinajstić information content (AvgIpc) is 2.92. The smallest absolute Gasteiger partial charge is 0.0628 e. The van der Waals surface area contributed by atoms with E-state index in [1.54, 1.807) is 0 Å². The zero-order valence-corrected chi connectivity index (χ0v) is 13.3. The summed E-state index contributed by atoms with van der Waals surface area (Å²) in [4.78, 5) is 0. The number of rotatable bonds is 2. The minimum Gasteiger partial charge on any atom is -0.0628 e. The topological polar surface area (TPSA) is 0 Å². The van der Waals surface area contributed by atoms with Crippen molar-refractivity contribution in [1.82, 2.24) is 0 Å². The molecule has 3 aromatic carbocycles. The summed E-state index contributed by atoms with van der Waals surface area (Å²) in [6.45, 7) is 4.43. The molecule has 0 spiro atoms. The molecule has 0 saturated heterocycles. The summed E-state index contributed by atoms with van der Waals surface area (Å²) in [5, 5.41) is 5.75. The SMILES string of the molecule is Cc1cccc([Si]c2ccc3c4c(cccc24)C=C3)c1C. The fourth-order valence-corrected chi connectivity index (χ4v) is 4.43. The van der Waals surface area contributed by atoms with Crippen molar-refractivity contribution in [2.75, 3.05) is 0 Å². The predicted molar refractivity (Wildman–Crippen MR) is 93.8 cm³/mol. The fourth-order valence-electron chi connectivity index (χ4n) is 3.06. The van der Waals surface area contributed by atoms with Gasteiger partial charge in [-0.25, -0.2) is 0 Å². The number of aryl methyl sites for hydroxylation is 1. The van der Waals surface area contributed by atoms with Gasteiger partial charge in [-0.1, -0.05) is 71.1 Å². The van der Waals surface area contributed by atoms with Crippen LogP contribution in [0.5, 0.6) is 0 Å². The van der Waals surface area contributed by atoms with Gasteiger partial charge >= 0.3 is 0 Å². The van der Waals surface area contributed by atoms with Crippen LogP contribution in [0.15, 0.2) is 48.5 Å². The molecule has 0 aliphatic heterocycles. The van der Waals surface area contributed by atoms with Crippen molar-refractivity contribution in [1.29, 1.82) is 0 Å². The first-order valence-electron chi connectivity index (χ1n) is 7.31. The summed E-state index contributed by atoms with van der Waals surface area (Å²) in [5.74, 6) is 0. The maximum Gasteiger partial charge on any atom is 0.122 e. The molecule has 4 rings (SSSR count). The van der Waals surface area contributed by atoms with Gasteiger partial charge in [0.15, 0.2) is 0 Å². The maximum atomic E-state index is 2.30. The van der Waals surface area contributed by atoms with Crippen LogP contribution in [0.2, 0.25) is 0 Å². The Kier molecular flexibility index (Phi) is 2.83.